The molecule has 4 aliphatic rings. The lowest BCUT2D eigenvalue weighted by molar-refractivity contribution is -0.265. The Morgan fingerprint density at radius 1 is 0.839 bits per heavy atom. The van der Waals surface area contributed by atoms with Crippen LogP contribution in [0.2, 0.25) is 0 Å². The van der Waals surface area contributed by atoms with Gasteiger partial charge >= 0.3 is 5.97 Å². The number of ketones is 3. The highest BCUT2D eigenvalue weighted by Gasteiger charge is 2.53. The number of allylic oxidation sites excluding steroid dienone is 6. The summed E-state index contributed by atoms with van der Waals surface area (Å²) in [4.78, 5) is 70.8. The van der Waals surface area contributed by atoms with Gasteiger partial charge in [-0.25, -0.2) is 4.79 Å². The molecule has 3 aliphatic heterocycles. The molecule has 0 unspecified atom stereocenters. The van der Waals surface area contributed by atoms with Crippen molar-refractivity contribution in [3.05, 3.63) is 47.6 Å². The van der Waals surface area contributed by atoms with Crippen LogP contribution >= 0.6 is 0 Å². The van der Waals surface area contributed by atoms with Gasteiger partial charge in [-0.15, -0.1) is 0 Å². The van der Waals surface area contributed by atoms with Gasteiger partial charge in [0.1, 0.15) is 23.7 Å². The van der Waals surface area contributed by atoms with Crippen molar-refractivity contribution >= 4 is 29.2 Å². The number of hydrogen-bond acceptors (Lipinski definition) is 12. The molecule has 2 saturated heterocycles. The highest BCUT2D eigenvalue weighted by molar-refractivity contribution is 6.39. The van der Waals surface area contributed by atoms with E-state index >= 15 is 0 Å². The molecule has 2 bridgehead atoms. The molecule has 62 heavy (non-hydrogen) atoms. The van der Waals surface area contributed by atoms with E-state index in [4.69, 9.17) is 14.2 Å². The Bertz CT molecular complexity index is 1690. The fourth-order valence-electron chi connectivity index (χ4n) is 9.54. The molecule has 1 aliphatic carbocycles. The fourth-order valence-corrected chi connectivity index (χ4v) is 9.54. The molecular formula is C49H75NO12. The molecule has 0 aromatic rings. The maximum atomic E-state index is 14.2. The van der Waals surface area contributed by atoms with Crippen LogP contribution in [0, 0.1) is 35.5 Å². The molecule has 0 aromatic heterocycles. The van der Waals surface area contributed by atoms with Gasteiger partial charge in [-0.3, -0.25) is 19.2 Å². The maximum absolute atomic E-state index is 14.2. The normalized spacial score (nSPS) is 39.2. The van der Waals surface area contributed by atoms with Crippen LogP contribution in [0.1, 0.15) is 132 Å². The van der Waals surface area contributed by atoms with E-state index in [1.807, 2.05) is 58.1 Å². The third-order valence-corrected chi connectivity index (χ3v) is 13.9. The van der Waals surface area contributed by atoms with Crippen LogP contribution in [0.25, 0.3) is 0 Å². The molecule has 0 aromatic carbocycles. The minimum absolute atomic E-state index is 0.00355. The number of amides is 1. The number of carbonyl (C=O) groups excluding carboxylic acids is 5. The Morgan fingerprint density at radius 3 is 2.26 bits per heavy atom. The SMILES string of the molecule is CO[C@H]1C[C@@H]2CC[C@@H](C)[C@@](O)(O2)C(=O)C(=O)N2CCCC[C@H]2C(=O)O[C@H]([C@H](C)C[C@@H]2CC[C@@H](O)[C@H](O)C2)CC(=O)[C@H](C)/C=C(\C)[C@@H](O)CC(=O)[C@H](C)C[C@H](C)/C=C/C=CC=C1C. The smallest absolute Gasteiger partial charge is 0.329 e. The van der Waals surface area contributed by atoms with E-state index in [1.165, 1.54) is 4.90 Å². The van der Waals surface area contributed by atoms with Gasteiger partial charge in [0.15, 0.2) is 0 Å². The van der Waals surface area contributed by atoms with Gasteiger partial charge < -0.3 is 39.5 Å². The van der Waals surface area contributed by atoms with Crippen molar-refractivity contribution in [2.45, 2.75) is 180 Å². The van der Waals surface area contributed by atoms with E-state index in [0.717, 1.165) is 5.57 Å². The summed E-state index contributed by atoms with van der Waals surface area (Å²) < 4.78 is 18.1. The Labute approximate surface area is 369 Å². The number of carbonyl (C=O) groups is 5. The Hall–Kier alpha value is -3.33. The molecule has 3 heterocycles. The molecule has 1 amide bonds. The molecule has 0 radical (unpaired) electrons. The lowest BCUT2D eigenvalue weighted by Crippen LogP contribution is -2.61. The summed E-state index contributed by atoms with van der Waals surface area (Å²) in [6.45, 7) is 12.8. The van der Waals surface area contributed by atoms with Gasteiger partial charge in [0.2, 0.25) is 5.79 Å². The number of piperidine rings is 1. The lowest BCUT2D eigenvalue weighted by Gasteiger charge is -2.42. The third-order valence-electron chi connectivity index (χ3n) is 13.9. The topological polar surface area (TPSA) is 197 Å². The van der Waals surface area contributed by atoms with Gasteiger partial charge in [-0.05, 0) is 107 Å². The number of nitrogens with zero attached hydrogens (tertiary/aromatic N) is 1. The number of hydrogen-bond donors (Lipinski definition) is 4. The maximum Gasteiger partial charge on any atom is 0.329 e. The first-order valence-electron chi connectivity index (χ1n) is 23.0. The van der Waals surface area contributed by atoms with Crippen molar-refractivity contribution in [3.8, 4) is 0 Å². The predicted octanol–water partition coefficient (Wildman–Crippen LogP) is 5.90. The monoisotopic (exact) mass is 870 g/mol. The van der Waals surface area contributed by atoms with E-state index < -0.39 is 77.9 Å². The van der Waals surface area contributed by atoms with Crippen molar-refractivity contribution in [1.29, 1.82) is 0 Å². The number of Topliss-reactive ketones (excluding diaryl/α,β-unsaturated/α-hetero) is 3. The number of cyclic esters (lactones) is 1. The summed E-state index contributed by atoms with van der Waals surface area (Å²) in [7, 11) is 1.58. The summed E-state index contributed by atoms with van der Waals surface area (Å²) in [6.07, 6.45) is 11.4. The van der Waals surface area contributed by atoms with Crippen molar-refractivity contribution in [2.24, 2.45) is 35.5 Å². The number of ether oxygens (including phenoxy) is 3. The molecule has 3 fully saturated rings. The minimum Gasteiger partial charge on any atom is -0.460 e. The number of aliphatic hydroxyl groups is 4. The Morgan fingerprint density at radius 2 is 1.56 bits per heavy atom. The summed E-state index contributed by atoms with van der Waals surface area (Å²) in [5.41, 5.74) is 1.37. The summed E-state index contributed by atoms with van der Waals surface area (Å²) >= 11 is 0. The first-order valence-corrected chi connectivity index (χ1v) is 23.0. The van der Waals surface area contributed by atoms with Crippen molar-refractivity contribution in [3.63, 3.8) is 0 Å². The minimum atomic E-state index is -2.43. The molecular weight excluding hydrogens is 795 g/mol. The van der Waals surface area contributed by atoms with Crippen LogP contribution in [0.15, 0.2) is 47.6 Å². The van der Waals surface area contributed by atoms with Crippen molar-refractivity contribution in [2.75, 3.05) is 13.7 Å². The van der Waals surface area contributed by atoms with Gasteiger partial charge in [0.25, 0.3) is 11.7 Å². The second-order valence-corrected chi connectivity index (χ2v) is 19.1. The summed E-state index contributed by atoms with van der Waals surface area (Å²) in [5.74, 6) is -7.69. The average Bonchev–Trinajstić information content (AvgIpc) is 3.23. The standard InChI is InChI=1S/C49H75NO12/c1-29-14-10-9-11-15-30(2)44(60-8)26-37-19-17-35(7)49(59,62-37)46(56)47(57)50-21-13-12-16-38(50)48(58)61-45(34(6)24-36-18-20-39(51)43(55)25-36)28-42(54)33(5)23-32(4)41(53)27-40(52)31(3)22-29/h9-11,14-15,23,29,31,33-39,41,43-45,51,53,55,59H,12-13,16-22,24-28H2,1-8H3/b11-9?,14-10+,30-15?,32-23+/t29-,31-,33-,34-,35-,36+,37+,38+,39-,41+,43-,44+,45+,49-/m1/s1. The van der Waals surface area contributed by atoms with Crippen molar-refractivity contribution < 1.29 is 58.6 Å². The second kappa shape index (κ2) is 23.6. The molecule has 4 rings (SSSR count). The van der Waals surface area contributed by atoms with Crippen LogP contribution in [-0.2, 0) is 38.2 Å². The summed E-state index contributed by atoms with van der Waals surface area (Å²) in [5, 5.41) is 43.5. The summed E-state index contributed by atoms with van der Waals surface area (Å²) in [6, 6.07) is -1.14. The molecule has 1 saturated carbocycles. The number of rotatable bonds is 4. The number of esters is 1. The first kappa shape index (κ1) is 51.3. The zero-order chi connectivity index (χ0) is 45.9. The lowest BCUT2D eigenvalue weighted by atomic mass is 9.78. The highest BCUT2D eigenvalue weighted by atomic mass is 16.6. The third kappa shape index (κ3) is 13.8. The van der Waals surface area contributed by atoms with Crippen LogP contribution in [-0.4, -0.2) is 117 Å². The number of methoxy groups -OCH3 is 1. The predicted molar refractivity (Wildman–Crippen MR) is 234 cm³/mol. The van der Waals surface area contributed by atoms with Crippen LogP contribution in [0.5, 0.6) is 0 Å². The van der Waals surface area contributed by atoms with Gasteiger partial charge in [-0.1, -0.05) is 71.1 Å². The van der Waals surface area contributed by atoms with Crippen LogP contribution < -0.4 is 0 Å². The second-order valence-electron chi connectivity index (χ2n) is 19.1. The number of aliphatic hydroxyl groups excluding tert-OH is 3. The van der Waals surface area contributed by atoms with Gasteiger partial charge in [0.05, 0.1) is 30.5 Å². The molecule has 13 heteroatoms. The highest BCUT2D eigenvalue weighted by Crippen LogP contribution is 2.37. The molecule has 348 valence electrons. The first-order chi connectivity index (χ1) is 29.2. The van der Waals surface area contributed by atoms with E-state index in [9.17, 15) is 44.4 Å². The molecule has 4 N–H and O–H groups in total. The van der Waals surface area contributed by atoms with E-state index in [1.54, 1.807) is 34.0 Å². The molecule has 0 spiro atoms. The van der Waals surface area contributed by atoms with Crippen LogP contribution in [0.3, 0.4) is 0 Å². The molecule has 14 atom stereocenters. The fraction of sp³-hybridized carbons (Fsp3) is 0.735. The van der Waals surface area contributed by atoms with Gasteiger partial charge in [-0.2, -0.15) is 0 Å². The van der Waals surface area contributed by atoms with Gasteiger partial charge in [0, 0.05) is 50.7 Å². The average molecular weight is 870 g/mol. The zero-order valence-electron chi connectivity index (χ0n) is 38.4. The number of fused-ring (bicyclic) bond motifs is 3. The van der Waals surface area contributed by atoms with Crippen molar-refractivity contribution in [1.82, 2.24) is 4.90 Å². The Balaban J connectivity index is 1.66. The van der Waals surface area contributed by atoms with Crippen LogP contribution in [0.4, 0.5) is 0 Å². The van der Waals surface area contributed by atoms with E-state index in [2.05, 4.69) is 0 Å². The van der Waals surface area contributed by atoms with E-state index in [-0.39, 0.29) is 61.0 Å². The largest absolute Gasteiger partial charge is 0.460 e. The quantitative estimate of drug-likeness (QED) is 0.149. The zero-order valence-corrected chi connectivity index (χ0v) is 38.4. The Kier molecular flexibility index (Phi) is 19.5. The van der Waals surface area contributed by atoms with E-state index in [0.29, 0.717) is 69.8 Å². The molecule has 13 nitrogen and oxygen atoms in total.